The summed E-state index contributed by atoms with van der Waals surface area (Å²) in [6.07, 6.45) is -0.385. The van der Waals surface area contributed by atoms with E-state index in [4.69, 9.17) is 22.1 Å². The Morgan fingerprint density at radius 1 is 1.17 bits per heavy atom. The first-order chi connectivity index (χ1) is 16.3. The third-order valence-corrected chi connectivity index (χ3v) is 6.40. The standard InChI is InChI=1S/C23H43ClN6O5/c1-9-14(6)19(35-23(34)18(12(2)3)28-20(31)15(7)25)22(33)30-17(10-16(24)11-27-30)21(32)29(26-8)13(4)5/h12-19,26-27H,9-11,25H2,1-8H3,(H,28,31). The van der Waals surface area contributed by atoms with E-state index in [1.165, 1.54) is 16.9 Å². The highest BCUT2D eigenvalue weighted by Gasteiger charge is 2.43. The van der Waals surface area contributed by atoms with E-state index in [0.717, 1.165) is 0 Å². The molecular weight excluding hydrogens is 476 g/mol. The molecule has 1 aliphatic rings. The number of hydrogen-bond donors (Lipinski definition) is 4. The molecule has 0 saturated carbocycles. The second-order valence-corrected chi connectivity index (χ2v) is 10.3. The minimum atomic E-state index is -1.17. The van der Waals surface area contributed by atoms with Gasteiger partial charge in [0.2, 0.25) is 5.91 Å². The fourth-order valence-electron chi connectivity index (χ4n) is 3.71. The molecule has 202 valence electrons. The van der Waals surface area contributed by atoms with Gasteiger partial charge in [0, 0.05) is 25.6 Å². The number of ether oxygens (including phenoxy) is 1. The molecule has 5 N–H and O–H groups in total. The Kier molecular flexibility index (Phi) is 12.4. The highest BCUT2D eigenvalue weighted by molar-refractivity contribution is 6.21. The van der Waals surface area contributed by atoms with Crippen LogP contribution in [-0.4, -0.2) is 82.9 Å². The lowest BCUT2D eigenvalue weighted by Gasteiger charge is -2.42. The Balaban J connectivity index is 3.23. The first-order valence-electron chi connectivity index (χ1n) is 12.2. The van der Waals surface area contributed by atoms with Crippen molar-refractivity contribution in [2.75, 3.05) is 13.6 Å². The number of nitrogens with two attached hydrogens (primary N) is 1. The molecule has 0 aromatic carbocycles. The summed E-state index contributed by atoms with van der Waals surface area (Å²) in [6, 6.07) is -2.84. The zero-order valence-electron chi connectivity index (χ0n) is 22.1. The van der Waals surface area contributed by atoms with Crippen molar-refractivity contribution in [3.63, 3.8) is 0 Å². The highest BCUT2D eigenvalue weighted by Crippen LogP contribution is 2.23. The number of hydrogen-bond acceptors (Lipinski definition) is 8. The normalized spacial score (nSPS) is 21.8. The van der Waals surface area contributed by atoms with E-state index < -0.39 is 42.0 Å². The van der Waals surface area contributed by atoms with Crippen LogP contribution in [0.3, 0.4) is 0 Å². The fraction of sp³-hybridized carbons (Fsp3) is 0.826. The van der Waals surface area contributed by atoms with Gasteiger partial charge in [-0.2, -0.15) is 0 Å². The molecule has 1 rings (SSSR count). The van der Waals surface area contributed by atoms with Gasteiger partial charge in [-0.3, -0.25) is 24.4 Å². The van der Waals surface area contributed by atoms with Crippen molar-refractivity contribution in [3.8, 4) is 0 Å². The summed E-state index contributed by atoms with van der Waals surface area (Å²) < 4.78 is 5.71. The predicted molar refractivity (Wildman–Crippen MR) is 134 cm³/mol. The van der Waals surface area contributed by atoms with Crippen LogP contribution in [0, 0.1) is 11.8 Å². The number of rotatable bonds is 11. The van der Waals surface area contributed by atoms with E-state index in [1.54, 1.807) is 27.8 Å². The second-order valence-electron chi connectivity index (χ2n) is 9.71. The van der Waals surface area contributed by atoms with E-state index in [0.29, 0.717) is 6.42 Å². The SMILES string of the molecule is CCC(C)C(OC(=O)C(NC(=O)C(C)N)C(C)C)C(=O)N1NCC(Cl)CC1C(=O)N(NC)C(C)C. The minimum Gasteiger partial charge on any atom is -0.450 e. The molecule has 3 amide bonds. The fourth-order valence-corrected chi connectivity index (χ4v) is 3.94. The average Bonchev–Trinajstić information content (AvgIpc) is 2.79. The molecule has 1 saturated heterocycles. The number of carbonyl (C=O) groups excluding carboxylic acids is 4. The summed E-state index contributed by atoms with van der Waals surface area (Å²) in [5.41, 5.74) is 11.4. The van der Waals surface area contributed by atoms with Gasteiger partial charge in [-0.05, 0) is 39.5 Å². The van der Waals surface area contributed by atoms with Crippen LogP contribution in [0.4, 0.5) is 0 Å². The lowest BCUT2D eigenvalue weighted by atomic mass is 9.98. The Morgan fingerprint density at radius 3 is 2.23 bits per heavy atom. The maximum absolute atomic E-state index is 13.7. The van der Waals surface area contributed by atoms with Gasteiger partial charge >= 0.3 is 5.97 Å². The molecule has 1 heterocycles. The van der Waals surface area contributed by atoms with Crippen LogP contribution in [0.25, 0.3) is 0 Å². The van der Waals surface area contributed by atoms with Crippen LogP contribution in [0.5, 0.6) is 0 Å². The zero-order valence-corrected chi connectivity index (χ0v) is 22.9. The van der Waals surface area contributed by atoms with Gasteiger partial charge in [-0.15, -0.1) is 11.6 Å². The van der Waals surface area contributed by atoms with Crippen LogP contribution >= 0.6 is 11.6 Å². The topological polar surface area (TPSA) is 146 Å². The summed E-state index contributed by atoms with van der Waals surface area (Å²) in [5, 5.41) is 4.91. The largest absolute Gasteiger partial charge is 0.450 e. The number of amides is 3. The molecule has 0 radical (unpaired) electrons. The Bertz CT molecular complexity index is 750. The van der Waals surface area contributed by atoms with Gasteiger partial charge in [0.15, 0.2) is 6.10 Å². The van der Waals surface area contributed by atoms with Crippen LogP contribution in [0.2, 0.25) is 0 Å². The molecular formula is C23H43ClN6O5. The first kappa shape index (κ1) is 31.1. The number of esters is 1. The highest BCUT2D eigenvalue weighted by atomic mass is 35.5. The van der Waals surface area contributed by atoms with Gasteiger partial charge < -0.3 is 15.8 Å². The van der Waals surface area contributed by atoms with Gasteiger partial charge in [0.1, 0.15) is 12.1 Å². The van der Waals surface area contributed by atoms with E-state index >= 15 is 0 Å². The molecule has 6 unspecified atom stereocenters. The molecule has 0 bridgehead atoms. The Hall–Kier alpha value is -1.95. The van der Waals surface area contributed by atoms with Crippen LogP contribution < -0.4 is 21.9 Å². The molecule has 12 heteroatoms. The lowest BCUT2D eigenvalue weighted by Crippen LogP contribution is -2.66. The maximum atomic E-state index is 13.7. The van der Waals surface area contributed by atoms with Crippen molar-refractivity contribution in [2.45, 2.75) is 97.0 Å². The van der Waals surface area contributed by atoms with Gasteiger partial charge in [0.05, 0.1) is 11.4 Å². The summed E-state index contributed by atoms with van der Waals surface area (Å²) >= 11 is 6.33. The molecule has 6 atom stereocenters. The monoisotopic (exact) mass is 518 g/mol. The van der Waals surface area contributed by atoms with Crippen molar-refractivity contribution < 1.29 is 23.9 Å². The number of nitrogens with one attached hydrogen (secondary N) is 3. The van der Waals surface area contributed by atoms with Crippen molar-refractivity contribution in [1.29, 1.82) is 0 Å². The van der Waals surface area contributed by atoms with E-state index in [-0.39, 0.29) is 42.1 Å². The third-order valence-electron chi connectivity index (χ3n) is 6.07. The molecule has 0 spiro atoms. The quantitative estimate of drug-likeness (QED) is 0.176. The molecule has 0 aromatic heterocycles. The van der Waals surface area contributed by atoms with Crippen molar-refractivity contribution in [1.82, 2.24) is 26.2 Å². The summed E-state index contributed by atoms with van der Waals surface area (Å²) in [7, 11) is 1.63. The Labute approximate surface area is 213 Å². The Morgan fingerprint density at radius 2 is 1.77 bits per heavy atom. The molecule has 0 aromatic rings. The summed E-state index contributed by atoms with van der Waals surface area (Å²) in [6.45, 7) is 12.7. The molecule has 35 heavy (non-hydrogen) atoms. The summed E-state index contributed by atoms with van der Waals surface area (Å²) in [5.74, 6) is -2.75. The number of carbonyl (C=O) groups is 4. The van der Waals surface area contributed by atoms with E-state index in [9.17, 15) is 19.2 Å². The van der Waals surface area contributed by atoms with Crippen LogP contribution in [0.15, 0.2) is 0 Å². The molecule has 0 aliphatic carbocycles. The third kappa shape index (κ3) is 8.30. The zero-order chi connectivity index (χ0) is 27.0. The molecule has 1 aliphatic heterocycles. The number of hydrazine groups is 2. The van der Waals surface area contributed by atoms with E-state index in [1.807, 2.05) is 20.8 Å². The van der Waals surface area contributed by atoms with Crippen molar-refractivity contribution >= 4 is 35.3 Å². The number of alkyl halides is 1. The van der Waals surface area contributed by atoms with Crippen molar-refractivity contribution in [3.05, 3.63) is 0 Å². The first-order valence-corrected chi connectivity index (χ1v) is 12.7. The maximum Gasteiger partial charge on any atom is 0.329 e. The molecule has 11 nitrogen and oxygen atoms in total. The predicted octanol–water partition coefficient (Wildman–Crippen LogP) is 0.517. The van der Waals surface area contributed by atoms with Crippen LogP contribution in [-0.2, 0) is 23.9 Å². The van der Waals surface area contributed by atoms with E-state index in [2.05, 4.69) is 16.2 Å². The minimum absolute atomic E-state index is 0.163. The smallest absolute Gasteiger partial charge is 0.329 e. The van der Waals surface area contributed by atoms with Crippen LogP contribution in [0.1, 0.15) is 61.3 Å². The van der Waals surface area contributed by atoms with Crippen molar-refractivity contribution in [2.24, 2.45) is 17.6 Å². The molecule has 1 fully saturated rings. The lowest BCUT2D eigenvalue weighted by molar-refractivity contribution is -0.173. The summed E-state index contributed by atoms with van der Waals surface area (Å²) in [4.78, 5) is 52.2. The number of halogens is 1. The van der Waals surface area contributed by atoms with Gasteiger partial charge in [-0.1, -0.05) is 27.7 Å². The van der Waals surface area contributed by atoms with Gasteiger partial charge in [0.25, 0.3) is 11.8 Å². The number of nitrogens with zero attached hydrogens (tertiary/aromatic N) is 2. The van der Waals surface area contributed by atoms with Gasteiger partial charge in [-0.25, -0.2) is 15.6 Å². The average molecular weight is 519 g/mol. The second kappa shape index (κ2) is 14.0.